The number of H-pyrrole nitrogens is 1. The van der Waals surface area contributed by atoms with Crippen LogP contribution in [0.2, 0.25) is 5.02 Å². The Kier molecular flexibility index (Phi) is 17.4. The summed E-state index contributed by atoms with van der Waals surface area (Å²) >= 11 is 6.34. The van der Waals surface area contributed by atoms with Crippen LogP contribution in [0.4, 0.5) is 22.7 Å². The van der Waals surface area contributed by atoms with Crippen LogP contribution in [0.15, 0.2) is 126 Å². The number of piperidine rings is 1. The molecule has 1 unspecified atom stereocenters. The standard InChI is InChI=1S/C61H61ClN10O12S/c62-41-12-10-39(11-13-41)45-6-5-9-53(83-29-3-1-2-23-63-50-8-4-7-47-56(50)61(77)71(60(47)76)51-18-19-55(73)67-59(51)75)48(45)37-69-25-27-70(28-26-69)42-14-16-46(54(33-42)84-43-32-40-20-24-64-57(40)66-36-43)58(74)68-85(80,81)44-15-17-49(52(34-44)72(78)79)65-35-38-21-30-82-31-22-38/h4-17,20,24,32-34,36,38,51,63,65H,1-3,18-19,21-23,25-31,35,37H2,(H,64,66)(H,68,74)(H,67,73,75). The number of pyridine rings is 1. The van der Waals surface area contributed by atoms with E-state index in [1.54, 1.807) is 42.6 Å². The lowest BCUT2D eigenvalue weighted by atomic mass is 9.98. The minimum Gasteiger partial charge on any atom is -0.493 e. The molecule has 440 valence electrons. The van der Waals surface area contributed by atoms with Crippen LogP contribution in [0.1, 0.15) is 81.6 Å². The summed E-state index contributed by atoms with van der Waals surface area (Å²) in [6, 6.07) is 29.6. The van der Waals surface area contributed by atoms with E-state index in [4.69, 9.17) is 25.8 Å². The number of hydrogen-bond donors (Lipinski definition) is 5. The Bertz CT molecular complexity index is 3830. The van der Waals surface area contributed by atoms with Gasteiger partial charge >= 0.3 is 0 Å². The first-order valence-electron chi connectivity index (χ1n) is 28.2. The number of benzene rings is 5. The molecule has 4 aliphatic heterocycles. The lowest BCUT2D eigenvalue weighted by Gasteiger charge is -2.37. The van der Waals surface area contributed by atoms with Gasteiger partial charge in [-0.15, -0.1) is 0 Å². The number of halogens is 1. The molecule has 2 aromatic heterocycles. The van der Waals surface area contributed by atoms with Crippen LogP contribution in [0.5, 0.6) is 17.2 Å². The van der Waals surface area contributed by atoms with Crippen LogP contribution >= 0.6 is 11.6 Å². The maximum atomic E-state index is 14.1. The molecule has 11 rings (SSSR count). The monoisotopic (exact) mass is 1190 g/mol. The first-order valence-corrected chi connectivity index (χ1v) is 30.0. The van der Waals surface area contributed by atoms with Crippen LogP contribution < -0.4 is 35.0 Å². The van der Waals surface area contributed by atoms with E-state index < -0.39 is 61.1 Å². The number of nitro benzene ring substituents is 1. The number of carbonyl (C=O) groups is 5. The van der Waals surface area contributed by atoms with E-state index in [0.29, 0.717) is 87.7 Å². The van der Waals surface area contributed by atoms with E-state index in [2.05, 4.69) is 46.5 Å². The number of nitrogens with zero attached hydrogens (tertiary/aromatic N) is 5. The molecule has 3 fully saturated rings. The maximum absolute atomic E-state index is 14.1. The number of ether oxygens (including phenoxy) is 3. The summed E-state index contributed by atoms with van der Waals surface area (Å²) in [5.41, 5.74) is 4.88. The second kappa shape index (κ2) is 25.5. The molecule has 4 aliphatic rings. The van der Waals surface area contributed by atoms with Crippen molar-refractivity contribution in [2.75, 3.05) is 74.6 Å². The van der Waals surface area contributed by atoms with Crippen molar-refractivity contribution in [2.24, 2.45) is 5.92 Å². The summed E-state index contributed by atoms with van der Waals surface area (Å²) in [5, 5.41) is 22.2. The number of anilines is 3. The van der Waals surface area contributed by atoms with E-state index >= 15 is 0 Å². The Labute approximate surface area is 494 Å². The lowest BCUT2D eigenvalue weighted by molar-refractivity contribution is -0.384. The molecule has 0 radical (unpaired) electrons. The molecule has 0 spiro atoms. The average Bonchev–Trinajstić information content (AvgIpc) is 4.32. The molecule has 7 aromatic rings. The van der Waals surface area contributed by atoms with Gasteiger partial charge in [-0.05, 0) is 122 Å². The molecule has 85 heavy (non-hydrogen) atoms. The highest BCUT2D eigenvalue weighted by Gasteiger charge is 2.45. The van der Waals surface area contributed by atoms with Gasteiger partial charge in [0.2, 0.25) is 11.8 Å². The minimum atomic E-state index is -4.63. The molecule has 0 bridgehead atoms. The van der Waals surface area contributed by atoms with Crippen molar-refractivity contribution in [2.45, 2.75) is 62.4 Å². The van der Waals surface area contributed by atoms with Gasteiger partial charge in [0.1, 0.15) is 34.6 Å². The van der Waals surface area contributed by atoms with Crippen molar-refractivity contribution >= 4 is 84.9 Å². The molecule has 0 aliphatic carbocycles. The summed E-state index contributed by atoms with van der Waals surface area (Å²) in [4.78, 5) is 89.4. The van der Waals surface area contributed by atoms with Gasteiger partial charge in [0.15, 0.2) is 0 Å². The van der Waals surface area contributed by atoms with Gasteiger partial charge in [0.05, 0.1) is 39.3 Å². The van der Waals surface area contributed by atoms with Crippen molar-refractivity contribution in [3.8, 4) is 28.4 Å². The van der Waals surface area contributed by atoms with Gasteiger partial charge in [-0.2, -0.15) is 0 Å². The van der Waals surface area contributed by atoms with Crippen LogP contribution in [0.3, 0.4) is 0 Å². The molecule has 5 amide bonds. The number of hydrogen-bond acceptors (Lipinski definition) is 17. The fraction of sp³-hybridized carbons (Fsp3) is 0.311. The van der Waals surface area contributed by atoms with Crippen LogP contribution in [0.25, 0.3) is 22.2 Å². The second-order valence-corrected chi connectivity index (χ2v) is 23.4. The van der Waals surface area contributed by atoms with Gasteiger partial charge in [-0.25, -0.2) is 18.1 Å². The second-order valence-electron chi connectivity index (χ2n) is 21.2. The number of carbonyl (C=O) groups excluding carboxylic acids is 5. The average molecular weight is 1190 g/mol. The highest BCUT2D eigenvalue weighted by molar-refractivity contribution is 7.90. The smallest absolute Gasteiger partial charge is 0.293 e. The fourth-order valence-corrected chi connectivity index (χ4v) is 12.2. The highest BCUT2D eigenvalue weighted by Crippen LogP contribution is 2.37. The number of unbranched alkanes of at least 4 members (excludes halogenated alkanes) is 2. The third-order valence-electron chi connectivity index (χ3n) is 15.7. The van der Waals surface area contributed by atoms with Crippen molar-refractivity contribution in [3.63, 3.8) is 0 Å². The summed E-state index contributed by atoms with van der Waals surface area (Å²) in [6.45, 7) is 5.60. The van der Waals surface area contributed by atoms with Gasteiger partial charge in [0.25, 0.3) is 33.4 Å². The van der Waals surface area contributed by atoms with Crippen molar-refractivity contribution < 1.29 is 51.5 Å². The number of amides is 5. The zero-order chi connectivity index (χ0) is 59.2. The molecule has 1 atom stereocenters. The summed E-state index contributed by atoms with van der Waals surface area (Å²) in [7, 11) is -4.63. The first-order chi connectivity index (χ1) is 41.2. The molecular formula is C61H61ClN10O12S. The number of rotatable bonds is 22. The third-order valence-corrected chi connectivity index (χ3v) is 17.3. The molecule has 5 aromatic carbocycles. The van der Waals surface area contributed by atoms with Gasteiger partial charge < -0.3 is 34.7 Å². The van der Waals surface area contributed by atoms with E-state index in [1.807, 2.05) is 42.5 Å². The lowest BCUT2D eigenvalue weighted by Crippen LogP contribution is -2.54. The van der Waals surface area contributed by atoms with E-state index in [0.717, 1.165) is 76.6 Å². The zero-order valence-corrected chi connectivity index (χ0v) is 47.7. The molecule has 5 N–H and O–H groups in total. The Morgan fingerprint density at radius 2 is 1.61 bits per heavy atom. The largest absolute Gasteiger partial charge is 0.493 e. The predicted molar refractivity (Wildman–Crippen MR) is 318 cm³/mol. The predicted octanol–water partition coefficient (Wildman–Crippen LogP) is 8.93. The van der Waals surface area contributed by atoms with Crippen LogP contribution in [-0.4, -0.2) is 128 Å². The van der Waals surface area contributed by atoms with Crippen LogP contribution in [0, 0.1) is 16.0 Å². The quantitative estimate of drug-likeness (QED) is 0.0183. The van der Waals surface area contributed by atoms with Gasteiger partial charge in [-0.3, -0.25) is 49.2 Å². The number of piperazine rings is 1. The summed E-state index contributed by atoms with van der Waals surface area (Å²) in [6.07, 6.45) is 7.19. The molecule has 24 heteroatoms. The van der Waals surface area contributed by atoms with E-state index in [-0.39, 0.29) is 46.9 Å². The van der Waals surface area contributed by atoms with Crippen LogP contribution in [-0.2, 0) is 30.9 Å². The topological polar surface area (TPSA) is 277 Å². The summed E-state index contributed by atoms with van der Waals surface area (Å²) < 4.78 is 48.1. The highest BCUT2D eigenvalue weighted by atomic mass is 35.5. The molecule has 0 saturated carbocycles. The van der Waals surface area contributed by atoms with Gasteiger partial charge in [0, 0.05) is 111 Å². The Morgan fingerprint density at radius 1 is 0.824 bits per heavy atom. The fourth-order valence-electron chi connectivity index (χ4n) is 11.1. The number of nitrogens with one attached hydrogen (secondary N) is 5. The van der Waals surface area contributed by atoms with Crippen molar-refractivity contribution in [1.82, 2.24) is 29.8 Å². The van der Waals surface area contributed by atoms with Crippen molar-refractivity contribution in [1.29, 1.82) is 0 Å². The third kappa shape index (κ3) is 13.1. The van der Waals surface area contributed by atoms with Gasteiger partial charge in [-0.1, -0.05) is 41.9 Å². The van der Waals surface area contributed by atoms with E-state index in [9.17, 15) is 42.5 Å². The first kappa shape index (κ1) is 57.9. The number of aromatic nitrogens is 2. The number of nitro groups is 1. The number of aromatic amines is 1. The molecule has 22 nitrogen and oxygen atoms in total. The molecule has 3 saturated heterocycles. The maximum Gasteiger partial charge on any atom is 0.293 e. The van der Waals surface area contributed by atoms with E-state index in [1.165, 1.54) is 24.4 Å². The summed E-state index contributed by atoms with van der Waals surface area (Å²) in [5.74, 6) is -1.88. The number of sulfonamides is 1. The number of imide groups is 2. The normalized spacial score (nSPS) is 16.7. The zero-order valence-electron chi connectivity index (χ0n) is 46.1. The SMILES string of the molecule is O=C1CCC(N2C(=O)c3cccc(NCCCCCOc4cccc(-c5ccc(Cl)cc5)c4CN4CCN(c5ccc(C(=O)NS(=O)(=O)c6ccc(NCC7CCOCC7)c([N+](=O)[O-])c6)c(Oc6cnc7[nH]ccc7c6)c5)CC4)c3C2=O)C(=O)N1. The minimum absolute atomic E-state index is 0.0388. The number of fused-ring (bicyclic) bond motifs is 2. The molecule has 6 heterocycles. The Hall–Kier alpha value is -8.90. The Morgan fingerprint density at radius 3 is 2.40 bits per heavy atom. The Balaban J connectivity index is 0.742. The molecular weight excluding hydrogens is 1130 g/mol. The van der Waals surface area contributed by atoms with Crippen molar-refractivity contribution in [3.05, 3.63) is 159 Å².